The Morgan fingerprint density at radius 1 is 1.24 bits per heavy atom. The summed E-state index contributed by atoms with van der Waals surface area (Å²) in [6, 6.07) is 3.39. The fourth-order valence-electron chi connectivity index (χ4n) is 3.29. The van der Waals surface area contributed by atoms with Crippen LogP contribution in [-0.2, 0) is 9.53 Å². The minimum atomic E-state index is -0.439. The number of aryl methyl sites for hydroxylation is 1. The summed E-state index contributed by atoms with van der Waals surface area (Å²) in [5, 5.41) is 0.589. The summed E-state index contributed by atoms with van der Waals surface area (Å²) in [4.78, 5) is 24.6. The van der Waals surface area contributed by atoms with Crippen molar-refractivity contribution >= 4 is 38.8 Å². The first-order valence-corrected chi connectivity index (χ1v) is 9.42. The molecule has 1 aromatic carbocycles. The first-order valence-electron chi connectivity index (χ1n) is 8.62. The molecule has 1 aromatic heterocycles. The molecule has 6 heteroatoms. The van der Waals surface area contributed by atoms with Crippen LogP contribution < -0.4 is 4.74 Å². The molecule has 1 heterocycles. The molecule has 1 aliphatic rings. The van der Waals surface area contributed by atoms with Crippen LogP contribution in [0.4, 0.5) is 0 Å². The maximum absolute atomic E-state index is 12.4. The minimum Gasteiger partial charge on any atom is -0.462 e. The van der Waals surface area contributed by atoms with Crippen LogP contribution in [0, 0.1) is 12.8 Å². The van der Waals surface area contributed by atoms with Crippen molar-refractivity contribution in [3.05, 3.63) is 27.9 Å². The van der Waals surface area contributed by atoms with Crippen LogP contribution in [0.3, 0.4) is 0 Å². The van der Waals surface area contributed by atoms with Gasteiger partial charge in [0.2, 0.25) is 0 Å². The summed E-state index contributed by atoms with van der Waals surface area (Å²) >= 11 is 3.42. The number of hydrogen-bond donors (Lipinski definition) is 0. The van der Waals surface area contributed by atoms with E-state index in [9.17, 15) is 9.59 Å². The lowest BCUT2D eigenvalue weighted by atomic mass is 9.89. The van der Waals surface area contributed by atoms with Crippen LogP contribution in [0.25, 0.3) is 11.0 Å². The normalized spacial score (nSPS) is 15.3. The number of furan rings is 1. The van der Waals surface area contributed by atoms with Gasteiger partial charge in [-0.3, -0.25) is 4.79 Å². The third-order valence-corrected chi connectivity index (χ3v) is 5.17. The van der Waals surface area contributed by atoms with Gasteiger partial charge in [-0.25, -0.2) is 4.79 Å². The van der Waals surface area contributed by atoms with Gasteiger partial charge in [-0.2, -0.15) is 0 Å². The Morgan fingerprint density at radius 3 is 2.64 bits per heavy atom. The number of halogens is 1. The Hall–Kier alpha value is -1.82. The van der Waals surface area contributed by atoms with Crippen molar-refractivity contribution in [2.45, 2.75) is 46.0 Å². The fourth-order valence-corrected chi connectivity index (χ4v) is 3.69. The highest BCUT2D eigenvalue weighted by molar-refractivity contribution is 9.10. The predicted molar refractivity (Wildman–Crippen MR) is 96.8 cm³/mol. The van der Waals surface area contributed by atoms with E-state index in [2.05, 4.69) is 15.9 Å². The number of ether oxygens (including phenoxy) is 2. The largest absolute Gasteiger partial charge is 0.462 e. The van der Waals surface area contributed by atoms with E-state index < -0.39 is 5.97 Å². The third kappa shape index (κ3) is 3.73. The molecule has 3 rings (SSSR count). The summed E-state index contributed by atoms with van der Waals surface area (Å²) in [6.45, 7) is 3.75. The summed E-state index contributed by atoms with van der Waals surface area (Å²) < 4.78 is 17.0. The molecule has 0 N–H and O–H groups in total. The second-order valence-electron chi connectivity index (χ2n) is 6.29. The maximum atomic E-state index is 12.4. The van der Waals surface area contributed by atoms with Gasteiger partial charge in [0, 0.05) is 5.39 Å². The van der Waals surface area contributed by atoms with E-state index >= 15 is 0 Å². The summed E-state index contributed by atoms with van der Waals surface area (Å²) in [6.07, 6.45) is 5.05. The molecule has 0 amide bonds. The quantitative estimate of drug-likeness (QED) is 0.515. The highest BCUT2D eigenvalue weighted by Crippen LogP contribution is 2.36. The summed E-state index contributed by atoms with van der Waals surface area (Å²) in [5.74, 6) is 0.181. The highest BCUT2D eigenvalue weighted by atomic mass is 79.9. The summed E-state index contributed by atoms with van der Waals surface area (Å²) in [5.41, 5.74) is 0.921. The fraction of sp³-hybridized carbons (Fsp3) is 0.474. The van der Waals surface area contributed by atoms with Crippen molar-refractivity contribution < 1.29 is 23.5 Å². The molecule has 1 fully saturated rings. The number of carbonyl (C=O) groups excluding carboxylic acids is 2. The van der Waals surface area contributed by atoms with Crippen molar-refractivity contribution in [2.75, 3.05) is 6.61 Å². The molecule has 0 aliphatic heterocycles. The van der Waals surface area contributed by atoms with Gasteiger partial charge in [0.15, 0.2) is 0 Å². The van der Waals surface area contributed by atoms with Crippen LogP contribution in [0.2, 0.25) is 0 Å². The van der Waals surface area contributed by atoms with E-state index in [1.54, 1.807) is 26.0 Å². The minimum absolute atomic E-state index is 0.0491. The van der Waals surface area contributed by atoms with Crippen LogP contribution in [-0.4, -0.2) is 18.5 Å². The average molecular weight is 409 g/mol. The zero-order valence-corrected chi connectivity index (χ0v) is 16.0. The molecule has 2 aromatic rings. The van der Waals surface area contributed by atoms with Crippen LogP contribution >= 0.6 is 15.9 Å². The first-order chi connectivity index (χ1) is 12.0. The molecule has 0 unspecified atom stereocenters. The molecule has 134 valence electrons. The molecular weight excluding hydrogens is 388 g/mol. The molecule has 0 radical (unpaired) electrons. The molecule has 0 atom stereocenters. The number of fused-ring (bicyclic) bond motifs is 1. The number of esters is 2. The van der Waals surface area contributed by atoms with Gasteiger partial charge < -0.3 is 13.9 Å². The van der Waals surface area contributed by atoms with Gasteiger partial charge in [-0.15, -0.1) is 0 Å². The van der Waals surface area contributed by atoms with Gasteiger partial charge in [0.25, 0.3) is 0 Å². The van der Waals surface area contributed by atoms with Crippen molar-refractivity contribution in [3.8, 4) is 5.75 Å². The van der Waals surface area contributed by atoms with Gasteiger partial charge in [0.05, 0.1) is 17.0 Å². The molecule has 0 saturated heterocycles. The Bertz CT molecular complexity index is 802. The van der Waals surface area contributed by atoms with Gasteiger partial charge in [0.1, 0.15) is 22.7 Å². The van der Waals surface area contributed by atoms with Crippen molar-refractivity contribution in [1.82, 2.24) is 0 Å². The molecular formula is C19H21BrO5. The Morgan fingerprint density at radius 2 is 1.96 bits per heavy atom. The molecule has 25 heavy (non-hydrogen) atoms. The standard InChI is InChI=1S/C19H21BrO5/c1-3-23-19(22)17-11(2)24-15-10-14(20)16(9-13(15)17)25-18(21)12-7-5-4-6-8-12/h9-10,12H,3-8H2,1-2H3. The van der Waals surface area contributed by atoms with Crippen LogP contribution in [0.5, 0.6) is 5.75 Å². The lowest BCUT2D eigenvalue weighted by molar-refractivity contribution is -0.140. The van der Waals surface area contributed by atoms with Crippen LogP contribution in [0.1, 0.15) is 55.1 Å². The van der Waals surface area contributed by atoms with Gasteiger partial charge in [-0.1, -0.05) is 19.3 Å². The number of rotatable bonds is 4. The average Bonchev–Trinajstić information content (AvgIpc) is 2.91. The van der Waals surface area contributed by atoms with Crippen molar-refractivity contribution in [1.29, 1.82) is 0 Å². The Labute approximate surface area is 154 Å². The van der Waals surface area contributed by atoms with E-state index in [0.717, 1.165) is 25.7 Å². The van der Waals surface area contributed by atoms with Crippen LogP contribution in [0.15, 0.2) is 21.0 Å². The molecule has 0 bridgehead atoms. The monoisotopic (exact) mass is 408 g/mol. The van der Waals surface area contributed by atoms with E-state index in [1.807, 2.05) is 0 Å². The first kappa shape index (κ1) is 18.0. The molecule has 1 aliphatic carbocycles. The van der Waals surface area contributed by atoms with Crippen molar-refractivity contribution in [3.63, 3.8) is 0 Å². The van der Waals surface area contributed by atoms with Gasteiger partial charge >= 0.3 is 11.9 Å². The molecule has 0 spiro atoms. The van der Waals surface area contributed by atoms with Gasteiger partial charge in [-0.05, 0) is 54.8 Å². The lowest BCUT2D eigenvalue weighted by Crippen LogP contribution is -2.22. The van der Waals surface area contributed by atoms with E-state index in [-0.39, 0.29) is 18.5 Å². The zero-order chi connectivity index (χ0) is 18.0. The number of carbonyl (C=O) groups is 2. The Balaban J connectivity index is 1.92. The SMILES string of the molecule is CCOC(=O)c1c(C)oc2cc(Br)c(OC(=O)C3CCCCC3)cc12. The predicted octanol–water partition coefficient (Wildman–Crippen LogP) is 5.17. The third-order valence-electron chi connectivity index (χ3n) is 4.55. The number of hydrogen-bond acceptors (Lipinski definition) is 5. The lowest BCUT2D eigenvalue weighted by Gasteiger charge is -2.20. The Kier molecular flexibility index (Phi) is 5.47. The van der Waals surface area contributed by atoms with E-state index in [4.69, 9.17) is 13.9 Å². The smallest absolute Gasteiger partial charge is 0.342 e. The topological polar surface area (TPSA) is 65.7 Å². The molecule has 5 nitrogen and oxygen atoms in total. The summed E-state index contributed by atoms with van der Waals surface area (Å²) in [7, 11) is 0. The van der Waals surface area contributed by atoms with E-state index in [1.165, 1.54) is 6.42 Å². The second kappa shape index (κ2) is 7.60. The second-order valence-corrected chi connectivity index (χ2v) is 7.14. The highest BCUT2D eigenvalue weighted by Gasteiger charge is 2.25. The zero-order valence-electron chi connectivity index (χ0n) is 14.4. The number of benzene rings is 1. The molecule has 1 saturated carbocycles. The van der Waals surface area contributed by atoms with E-state index in [0.29, 0.717) is 32.5 Å². The maximum Gasteiger partial charge on any atom is 0.342 e. The van der Waals surface area contributed by atoms with Crippen molar-refractivity contribution in [2.24, 2.45) is 5.92 Å².